The van der Waals surface area contributed by atoms with Crippen molar-refractivity contribution in [3.05, 3.63) is 41.4 Å². The first kappa shape index (κ1) is 16.3. The normalized spacial score (nSPS) is 17.4. The van der Waals surface area contributed by atoms with E-state index in [4.69, 9.17) is 0 Å². The van der Waals surface area contributed by atoms with Crippen molar-refractivity contribution in [3.63, 3.8) is 0 Å². The molecular weight excluding hydrogens is 326 g/mol. The Morgan fingerprint density at radius 1 is 1.43 bits per heavy atom. The molecule has 1 N–H and O–H groups in total. The Labute approximate surface area is 145 Å². The number of benzene rings is 1. The maximum absolute atomic E-state index is 12.1. The van der Waals surface area contributed by atoms with Gasteiger partial charge in [-0.05, 0) is 36.8 Å². The SMILES string of the molecule is CSc1ccc(CCC(=O)N[C@H]2CCN(c3nccs3)C2)cc1. The fraction of sp³-hybridized carbons (Fsp3) is 0.412. The van der Waals surface area contributed by atoms with Crippen LogP contribution in [0, 0.1) is 0 Å². The van der Waals surface area contributed by atoms with E-state index in [1.807, 2.05) is 11.6 Å². The number of nitrogens with one attached hydrogen (secondary N) is 1. The molecule has 0 unspecified atom stereocenters. The van der Waals surface area contributed by atoms with Gasteiger partial charge in [-0.2, -0.15) is 0 Å². The van der Waals surface area contributed by atoms with Gasteiger partial charge in [0.05, 0.1) is 0 Å². The van der Waals surface area contributed by atoms with Crippen LogP contribution in [0.5, 0.6) is 0 Å². The minimum absolute atomic E-state index is 0.143. The van der Waals surface area contributed by atoms with E-state index in [9.17, 15) is 4.79 Å². The van der Waals surface area contributed by atoms with Gasteiger partial charge >= 0.3 is 0 Å². The van der Waals surface area contributed by atoms with Crippen LogP contribution in [0.3, 0.4) is 0 Å². The third-order valence-electron chi connectivity index (χ3n) is 4.04. The van der Waals surface area contributed by atoms with Crippen molar-refractivity contribution in [3.8, 4) is 0 Å². The molecule has 0 aliphatic carbocycles. The number of carbonyl (C=O) groups excluding carboxylic acids is 1. The van der Waals surface area contributed by atoms with Gasteiger partial charge in [0.25, 0.3) is 0 Å². The second-order valence-corrected chi connectivity index (χ2v) is 7.41. The number of amides is 1. The third-order valence-corrected chi connectivity index (χ3v) is 5.62. The average Bonchev–Trinajstić information content (AvgIpc) is 3.24. The Morgan fingerprint density at radius 2 is 2.26 bits per heavy atom. The number of hydrogen-bond acceptors (Lipinski definition) is 5. The molecule has 0 saturated carbocycles. The number of rotatable bonds is 6. The van der Waals surface area contributed by atoms with Crippen molar-refractivity contribution >= 4 is 34.1 Å². The second kappa shape index (κ2) is 7.84. The van der Waals surface area contributed by atoms with E-state index in [0.29, 0.717) is 6.42 Å². The standard InChI is InChI=1S/C17H21N3OS2/c1-22-15-5-2-13(3-6-15)4-7-16(21)19-14-8-10-20(12-14)17-18-9-11-23-17/h2-3,5-6,9,11,14H,4,7-8,10,12H2,1H3,(H,19,21)/t14-/m0/s1. The van der Waals surface area contributed by atoms with Crippen LogP contribution in [0.1, 0.15) is 18.4 Å². The van der Waals surface area contributed by atoms with E-state index >= 15 is 0 Å². The lowest BCUT2D eigenvalue weighted by Crippen LogP contribution is -2.37. The van der Waals surface area contributed by atoms with Crippen LogP contribution >= 0.6 is 23.1 Å². The molecule has 1 aliphatic heterocycles. The number of anilines is 1. The summed E-state index contributed by atoms with van der Waals surface area (Å²) in [7, 11) is 0. The number of aromatic nitrogens is 1. The van der Waals surface area contributed by atoms with Crippen LogP contribution in [0.15, 0.2) is 40.7 Å². The molecule has 1 atom stereocenters. The van der Waals surface area contributed by atoms with Crippen molar-refractivity contribution in [2.24, 2.45) is 0 Å². The van der Waals surface area contributed by atoms with E-state index in [-0.39, 0.29) is 11.9 Å². The molecule has 1 fully saturated rings. The third kappa shape index (κ3) is 4.48. The van der Waals surface area contributed by atoms with Crippen molar-refractivity contribution in [1.82, 2.24) is 10.3 Å². The van der Waals surface area contributed by atoms with Crippen LogP contribution in [0.4, 0.5) is 5.13 Å². The molecule has 0 spiro atoms. The fourth-order valence-corrected chi connectivity index (χ4v) is 3.86. The average molecular weight is 348 g/mol. The van der Waals surface area contributed by atoms with E-state index in [1.165, 1.54) is 10.5 Å². The van der Waals surface area contributed by atoms with Crippen molar-refractivity contribution in [2.45, 2.75) is 30.2 Å². The molecule has 1 aromatic heterocycles. The van der Waals surface area contributed by atoms with E-state index in [2.05, 4.69) is 45.7 Å². The summed E-state index contributed by atoms with van der Waals surface area (Å²) in [6.07, 6.45) is 6.23. The first-order valence-electron chi connectivity index (χ1n) is 7.81. The molecule has 1 aromatic carbocycles. The van der Waals surface area contributed by atoms with Crippen LogP contribution in [-0.4, -0.2) is 36.3 Å². The van der Waals surface area contributed by atoms with Gasteiger partial charge in [0, 0.05) is 42.0 Å². The van der Waals surface area contributed by atoms with E-state index < -0.39 is 0 Å². The van der Waals surface area contributed by atoms with Crippen LogP contribution in [-0.2, 0) is 11.2 Å². The summed E-state index contributed by atoms with van der Waals surface area (Å²) in [5.74, 6) is 0.143. The molecule has 1 amide bonds. The van der Waals surface area contributed by atoms with Gasteiger partial charge in [0.2, 0.25) is 5.91 Å². The summed E-state index contributed by atoms with van der Waals surface area (Å²) < 4.78 is 0. The molecule has 6 heteroatoms. The zero-order valence-electron chi connectivity index (χ0n) is 13.2. The summed E-state index contributed by atoms with van der Waals surface area (Å²) >= 11 is 3.39. The molecule has 1 saturated heterocycles. The van der Waals surface area contributed by atoms with Crippen molar-refractivity contribution in [1.29, 1.82) is 0 Å². The van der Waals surface area contributed by atoms with Gasteiger partial charge in [-0.1, -0.05) is 12.1 Å². The van der Waals surface area contributed by atoms with Crippen molar-refractivity contribution < 1.29 is 4.79 Å². The minimum Gasteiger partial charge on any atom is -0.352 e. The molecule has 4 nitrogen and oxygen atoms in total. The van der Waals surface area contributed by atoms with Crippen LogP contribution in [0.25, 0.3) is 0 Å². The quantitative estimate of drug-likeness (QED) is 0.815. The summed E-state index contributed by atoms with van der Waals surface area (Å²) in [5, 5.41) is 6.20. The maximum atomic E-state index is 12.1. The number of hydrogen-bond donors (Lipinski definition) is 1. The molecule has 3 rings (SSSR count). The molecule has 122 valence electrons. The minimum atomic E-state index is 0.143. The van der Waals surface area contributed by atoms with E-state index in [0.717, 1.165) is 31.1 Å². The Kier molecular flexibility index (Phi) is 5.56. The first-order chi connectivity index (χ1) is 11.2. The molecule has 1 aliphatic rings. The number of thiazole rings is 1. The van der Waals surface area contributed by atoms with E-state index in [1.54, 1.807) is 23.1 Å². The summed E-state index contributed by atoms with van der Waals surface area (Å²) in [6.45, 7) is 1.83. The maximum Gasteiger partial charge on any atom is 0.220 e. The summed E-state index contributed by atoms with van der Waals surface area (Å²) in [4.78, 5) is 20.0. The topological polar surface area (TPSA) is 45.2 Å². The molecule has 23 heavy (non-hydrogen) atoms. The Bertz CT molecular complexity index is 628. The Hall–Kier alpha value is -1.53. The highest BCUT2D eigenvalue weighted by Gasteiger charge is 2.25. The number of thioether (sulfide) groups is 1. The van der Waals surface area contributed by atoms with Gasteiger partial charge in [0.1, 0.15) is 0 Å². The number of aryl methyl sites for hydroxylation is 1. The first-order valence-corrected chi connectivity index (χ1v) is 9.92. The lowest BCUT2D eigenvalue weighted by atomic mass is 10.1. The summed E-state index contributed by atoms with van der Waals surface area (Å²) in [5.41, 5.74) is 1.22. The molecule has 2 aromatic rings. The largest absolute Gasteiger partial charge is 0.352 e. The van der Waals surface area contributed by atoms with Gasteiger partial charge < -0.3 is 10.2 Å². The van der Waals surface area contributed by atoms with Gasteiger partial charge in [0.15, 0.2) is 5.13 Å². The summed E-state index contributed by atoms with van der Waals surface area (Å²) in [6, 6.07) is 8.68. The zero-order valence-corrected chi connectivity index (χ0v) is 14.8. The van der Waals surface area contributed by atoms with Gasteiger partial charge in [-0.25, -0.2) is 4.98 Å². The number of carbonyl (C=O) groups is 1. The van der Waals surface area contributed by atoms with Crippen molar-refractivity contribution in [2.75, 3.05) is 24.2 Å². The predicted molar refractivity (Wildman–Crippen MR) is 97.4 cm³/mol. The molecule has 2 heterocycles. The lowest BCUT2D eigenvalue weighted by molar-refractivity contribution is -0.121. The lowest BCUT2D eigenvalue weighted by Gasteiger charge is -2.15. The highest BCUT2D eigenvalue weighted by atomic mass is 32.2. The fourth-order valence-electron chi connectivity index (χ4n) is 2.77. The smallest absolute Gasteiger partial charge is 0.220 e. The Morgan fingerprint density at radius 3 is 2.96 bits per heavy atom. The molecular formula is C17H21N3OS2. The van der Waals surface area contributed by atoms with Gasteiger partial charge in [-0.15, -0.1) is 23.1 Å². The predicted octanol–water partition coefficient (Wildman–Crippen LogP) is 3.19. The van der Waals surface area contributed by atoms with Crippen LogP contribution < -0.4 is 10.2 Å². The second-order valence-electron chi connectivity index (χ2n) is 5.66. The molecule has 0 radical (unpaired) electrons. The molecule has 0 bridgehead atoms. The Balaban J connectivity index is 1.42. The monoisotopic (exact) mass is 347 g/mol. The number of nitrogens with zero attached hydrogens (tertiary/aromatic N) is 2. The van der Waals surface area contributed by atoms with Gasteiger partial charge in [-0.3, -0.25) is 4.79 Å². The van der Waals surface area contributed by atoms with Crippen LogP contribution in [0.2, 0.25) is 0 Å². The zero-order chi connectivity index (χ0) is 16.1. The highest BCUT2D eigenvalue weighted by Crippen LogP contribution is 2.22. The highest BCUT2D eigenvalue weighted by molar-refractivity contribution is 7.98.